The third-order valence-electron chi connectivity index (χ3n) is 2.62. The van der Waals surface area contributed by atoms with Gasteiger partial charge in [0.1, 0.15) is 0 Å². The smallest absolute Gasteiger partial charge is 0.0414 e. The molecule has 0 heteroatoms. The van der Waals surface area contributed by atoms with Gasteiger partial charge in [-0.1, -0.05) is 67.2 Å². The van der Waals surface area contributed by atoms with E-state index < -0.39 is 0 Å². The summed E-state index contributed by atoms with van der Waals surface area (Å²) in [4.78, 5) is 0. The van der Waals surface area contributed by atoms with Gasteiger partial charge in [-0.05, 0) is 18.3 Å². The van der Waals surface area contributed by atoms with Gasteiger partial charge in [0.2, 0.25) is 0 Å². The van der Waals surface area contributed by atoms with Crippen LogP contribution in [-0.2, 0) is 0 Å². The summed E-state index contributed by atoms with van der Waals surface area (Å²) in [5.41, 5.74) is 0. The second-order valence-electron chi connectivity index (χ2n) is 3.55. The van der Waals surface area contributed by atoms with Crippen LogP contribution in [0.25, 0.3) is 0 Å². The van der Waals surface area contributed by atoms with Gasteiger partial charge < -0.3 is 0 Å². The molecule has 0 heterocycles. The molecule has 1 aliphatic carbocycles. The van der Waals surface area contributed by atoms with E-state index in [0.717, 1.165) is 11.8 Å². The lowest BCUT2D eigenvalue weighted by atomic mass is 9.81. The summed E-state index contributed by atoms with van der Waals surface area (Å²) >= 11 is 0. The summed E-state index contributed by atoms with van der Waals surface area (Å²) in [5, 5.41) is 0. The normalized spacial score (nSPS) is 26.3. The summed E-state index contributed by atoms with van der Waals surface area (Å²) in [6, 6.07) is 0. The van der Waals surface area contributed by atoms with Crippen molar-refractivity contribution >= 4 is 0 Å². The van der Waals surface area contributed by atoms with Gasteiger partial charge in [0.15, 0.2) is 0 Å². The van der Waals surface area contributed by atoms with E-state index in [2.05, 4.69) is 13.8 Å². The molecule has 2 atom stereocenters. The summed E-state index contributed by atoms with van der Waals surface area (Å²) in [5.74, 6) is 2.08. The number of hydrogen-bond donors (Lipinski definition) is 0. The van der Waals surface area contributed by atoms with E-state index in [1.54, 1.807) is 0 Å². The van der Waals surface area contributed by atoms with E-state index >= 15 is 0 Å². The zero-order valence-corrected chi connectivity index (χ0v) is 10.7. The van der Waals surface area contributed by atoms with Crippen molar-refractivity contribution in [1.29, 1.82) is 0 Å². The van der Waals surface area contributed by atoms with E-state index in [1.165, 1.54) is 32.1 Å². The van der Waals surface area contributed by atoms with Gasteiger partial charge in [0.05, 0.1) is 0 Å². The van der Waals surface area contributed by atoms with Crippen molar-refractivity contribution in [2.24, 2.45) is 11.8 Å². The lowest BCUT2D eigenvalue weighted by Crippen LogP contribution is -2.11. The highest BCUT2D eigenvalue weighted by atomic mass is 14.2. The summed E-state index contributed by atoms with van der Waals surface area (Å²) in [6.45, 7) is 12.7. The molecular formula is C13H30. The second kappa shape index (κ2) is 12.0. The summed E-state index contributed by atoms with van der Waals surface area (Å²) < 4.78 is 0. The van der Waals surface area contributed by atoms with Gasteiger partial charge in [0, 0.05) is 0 Å². The zero-order valence-electron chi connectivity index (χ0n) is 10.7. The molecule has 0 saturated heterocycles. The first-order valence-corrected chi connectivity index (χ1v) is 6.33. The highest BCUT2D eigenvalue weighted by Crippen LogP contribution is 2.29. The lowest BCUT2D eigenvalue weighted by molar-refractivity contribution is 0.276. The predicted molar refractivity (Wildman–Crippen MR) is 64.1 cm³/mol. The largest absolute Gasteiger partial charge is 0.0683 e. The van der Waals surface area contributed by atoms with Crippen molar-refractivity contribution in [2.75, 3.05) is 0 Å². The van der Waals surface area contributed by atoms with E-state index in [-0.39, 0.29) is 0 Å². The standard InChI is InChI=1S/C9H18.2C2H6/c1-3-9-6-4-5-8(2)7-9;2*1-2/h8-9H,3-7H2,1-2H3;2*1-2H3/t8?,9-;;/m0../s1. The van der Waals surface area contributed by atoms with Crippen LogP contribution in [0.15, 0.2) is 0 Å². The van der Waals surface area contributed by atoms with Crippen molar-refractivity contribution < 1.29 is 0 Å². The monoisotopic (exact) mass is 186 g/mol. The molecule has 0 N–H and O–H groups in total. The first kappa shape index (κ1) is 15.5. The fourth-order valence-corrected chi connectivity index (χ4v) is 1.93. The zero-order chi connectivity index (χ0) is 10.7. The van der Waals surface area contributed by atoms with E-state index in [0.29, 0.717) is 0 Å². The van der Waals surface area contributed by atoms with Crippen molar-refractivity contribution in [3.8, 4) is 0 Å². The Kier molecular flexibility index (Phi) is 14.3. The SMILES string of the molecule is CC.CC.CC[C@H]1CCCC(C)C1. The highest BCUT2D eigenvalue weighted by molar-refractivity contribution is 4.68. The topological polar surface area (TPSA) is 0 Å². The van der Waals surface area contributed by atoms with Crippen LogP contribution in [0.3, 0.4) is 0 Å². The first-order chi connectivity index (χ1) is 6.33. The summed E-state index contributed by atoms with van der Waals surface area (Å²) in [7, 11) is 0. The molecule has 0 radical (unpaired) electrons. The molecule has 0 amide bonds. The Morgan fingerprint density at radius 1 is 1.00 bits per heavy atom. The Bertz CT molecular complexity index is 76.1. The fourth-order valence-electron chi connectivity index (χ4n) is 1.93. The van der Waals surface area contributed by atoms with Gasteiger partial charge in [0.25, 0.3) is 0 Å². The minimum absolute atomic E-state index is 1.02. The van der Waals surface area contributed by atoms with Gasteiger partial charge in [-0.15, -0.1) is 0 Å². The van der Waals surface area contributed by atoms with Crippen molar-refractivity contribution in [2.45, 2.75) is 73.6 Å². The van der Waals surface area contributed by atoms with Crippen molar-refractivity contribution in [1.82, 2.24) is 0 Å². The summed E-state index contributed by atoms with van der Waals surface area (Å²) in [6.07, 6.45) is 7.37. The van der Waals surface area contributed by atoms with E-state index in [4.69, 9.17) is 0 Å². The molecule has 0 aromatic heterocycles. The molecular weight excluding hydrogens is 156 g/mol. The Hall–Kier alpha value is 0. The first-order valence-electron chi connectivity index (χ1n) is 6.33. The molecule has 0 bridgehead atoms. The number of rotatable bonds is 1. The molecule has 0 aliphatic heterocycles. The Balaban J connectivity index is 0. The lowest BCUT2D eigenvalue weighted by Gasteiger charge is -2.25. The van der Waals surface area contributed by atoms with Gasteiger partial charge in [-0.3, -0.25) is 0 Å². The molecule has 0 aromatic carbocycles. The Morgan fingerprint density at radius 2 is 1.54 bits per heavy atom. The minimum atomic E-state index is 1.02. The van der Waals surface area contributed by atoms with Crippen LogP contribution < -0.4 is 0 Å². The fraction of sp³-hybridized carbons (Fsp3) is 1.00. The van der Waals surface area contributed by atoms with E-state index in [1.807, 2.05) is 27.7 Å². The third-order valence-corrected chi connectivity index (χ3v) is 2.62. The molecule has 1 rings (SSSR count). The molecule has 1 saturated carbocycles. The maximum absolute atomic E-state index is 2.39. The molecule has 1 unspecified atom stereocenters. The van der Waals surface area contributed by atoms with Crippen molar-refractivity contribution in [3.63, 3.8) is 0 Å². The molecule has 0 nitrogen and oxygen atoms in total. The average molecular weight is 186 g/mol. The maximum Gasteiger partial charge on any atom is -0.0414 e. The Morgan fingerprint density at radius 3 is 1.85 bits per heavy atom. The molecule has 0 spiro atoms. The second-order valence-corrected chi connectivity index (χ2v) is 3.55. The van der Waals surface area contributed by atoms with Crippen LogP contribution in [0.5, 0.6) is 0 Å². The quantitative estimate of drug-likeness (QED) is 0.523. The molecule has 1 fully saturated rings. The molecule has 1 aliphatic rings. The van der Waals surface area contributed by atoms with Gasteiger partial charge >= 0.3 is 0 Å². The van der Waals surface area contributed by atoms with E-state index in [9.17, 15) is 0 Å². The Labute approximate surface area is 86.1 Å². The predicted octanol–water partition coefficient (Wildman–Crippen LogP) is 5.28. The van der Waals surface area contributed by atoms with Gasteiger partial charge in [-0.2, -0.15) is 0 Å². The van der Waals surface area contributed by atoms with Crippen molar-refractivity contribution in [3.05, 3.63) is 0 Å². The number of hydrogen-bond acceptors (Lipinski definition) is 0. The maximum atomic E-state index is 2.39. The highest BCUT2D eigenvalue weighted by Gasteiger charge is 2.16. The average Bonchev–Trinajstić information content (AvgIpc) is 2.24. The third kappa shape index (κ3) is 8.33. The van der Waals surface area contributed by atoms with Crippen LogP contribution in [0.2, 0.25) is 0 Å². The van der Waals surface area contributed by atoms with Crippen LogP contribution in [0, 0.1) is 11.8 Å². The van der Waals surface area contributed by atoms with Crippen LogP contribution in [0.4, 0.5) is 0 Å². The van der Waals surface area contributed by atoms with Crippen LogP contribution in [-0.4, -0.2) is 0 Å². The minimum Gasteiger partial charge on any atom is -0.0683 e. The van der Waals surface area contributed by atoms with Crippen LogP contribution >= 0.6 is 0 Å². The molecule has 13 heavy (non-hydrogen) atoms. The van der Waals surface area contributed by atoms with Crippen LogP contribution in [0.1, 0.15) is 73.6 Å². The van der Waals surface area contributed by atoms with Gasteiger partial charge in [-0.25, -0.2) is 0 Å². The molecule has 0 aromatic rings. The molecule has 82 valence electrons.